The number of aromatic nitrogens is 1. The summed E-state index contributed by atoms with van der Waals surface area (Å²) in [7, 11) is 0. The molecule has 2 atom stereocenters. The van der Waals surface area contributed by atoms with Crippen LogP contribution in [-0.4, -0.2) is 41.1 Å². The Balaban J connectivity index is 1.14. The van der Waals surface area contributed by atoms with Gasteiger partial charge in [0.05, 0.1) is 5.52 Å². The molecule has 1 amide bonds. The van der Waals surface area contributed by atoms with E-state index >= 15 is 0 Å². The molecule has 3 aromatic rings. The third kappa shape index (κ3) is 5.41. The maximum Gasteiger partial charge on any atom is 0.221 e. The molecule has 3 heterocycles. The van der Waals surface area contributed by atoms with Gasteiger partial charge < -0.3 is 19.5 Å². The molecule has 2 aliphatic rings. The van der Waals surface area contributed by atoms with Crippen molar-refractivity contribution in [2.45, 2.75) is 57.7 Å². The quantitative estimate of drug-likeness (QED) is 0.531. The van der Waals surface area contributed by atoms with Gasteiger partial charge in [-0.1, -0.05) is 36.8 Å². The molecular formula is C28H35N3O2. The lowest BCUT2D eigenvalue weighted by molar-refractivity contribution is -0.121. The van der Waals surface area contributed by atoms with Crippen molar-refractivity contribution in [3.05, 3.63) is 66.4 Å². The molecule has 5 nitrogen and oxygen atoms in total. The minimum atomic E-state index is 0.154. The number of rotatable bonds is 8. The smallest absolute Gasteiger partial charge is 0.221 e. The topological polar surface area (TPSA) is 46.5 Å². The second kappa shape index (κ2) is 10.4. The normalized spacial score (nSPS) is 21.0. The summed E-state index contributed by atoms with van der Waals surface area (Å²) in [5.41, 5.74) is 2.26. The van der Waals surface area contributed by atoms with Crippen molar-refractivity contribution >= 4 is 16.8 Å². The number of amides is 1. The monoisotopic (exact) mass is 445 g/mol. The van der Waals surface area contributed by atoms with Crippen molar-refractivity contribution in [1.29, 1.82) is 0 Å². The van der Waals surface area contributed by atoms with Crippen molar-refractivity contribution in [1.82, 2.24) is 14.8 Å². The van der Waals surface area contributed by atoms with Crippen LogP contribution in [0.4, 0.5) is 0 Å². The molecule has 0 aliphatic carbocycles. The minimum Gasteiger partial charge on any atom is -0.489 e. The Kier molecular flexibility index (Phi) is 6.96. The molecule has 2 fully saturated rings. The molecular weight excluding hydrogens is 410 g/mol. The summed E-state index contributed by atoms with van der Waals surface area (Å²) in [5, 5.41) is 4.41. The van der Waals surface area contributed by atoms with Gasteiger partial charge in [-0.05, 0) is 73.8 Å². The van der Waals surface area contributed by atoms with Gasteiger partial charge >= 0.3 is 0 Å². The largest absolute Gasteiger partial charge is 0.489 e. The summed E-state index contributed by atoms with van der Waals surface area (Å²) in [6.45, 7) is 4.54. The number of nitrogens with one attached hydrogen (secondary N) is 1. The van der Waals surface area contributed by atoms with Crippen LogP contribution in [0.2, 0.25) is 0 Å². The highest BCUT2D eigenvalue weighted by Crippen LogP contribution is 2.30. The Morgan fingerprint density at radius 1 is 1.00 bits per heavy atom. The molecule has 174 valence electrons. The van der Waals surface area contributed by atoms with Gasteiger partial charge in [0, 0.05) is 37.8 Å². The van der Waals surface area contributed by atoms with Crippen molar-refractivity contribution in [2.24, 2.45) is 5.92 Å². The van der Waals surface area contributed by atoms with Crippen LogP contribution in [0.5, 0.6) is 5.75 Å². The summed E-state index contributed by atoms with van der Waals surface area (Å²) in [6, 6.07) is 19.2. The van der Waals surface area contributed by atoms with Crippen molar-refractivity contribution in [2.75, 3.05) is 19.6 Å². The fraction of sp³-hybridized carbons (Fsp3) is 0.464. The van der Waals surface area contributed by atoms with Crippen LogP contribution in [0, 0.1) is 5.92 Å². The van der Waals surface area contributed by atoms with Crippen LogP contribution in [0.15, 0.2) is 60.8 Å². The summed E-state index contributed by atoms with van der Waals surface area (Å²) in [6.07, 6.45) is 9.05. The molecule has 1 aromatic heterocycles. The molecule has 5 heteroatoms. The predicted octanol–water partition coefficient (Wildman–Crippen LogP) is 4.99. The summed E-state index contributed by atoms with van der Waals surface area (Å²) in [4.78, 5) is 15.3. The van der Waals surface area contributed by atoms with E-state index in [1.807, 2.05) is 24.3 Å². The molecule has 0 radical (unpaired) electrons. The second-order valence-corrected chi connectivity index (χ2v) is 9.56. The second-order valence-electron chi connectivity index (χ2n) is 9.56. The van der Waals surface area contributed by atoms with E-state index in [4.69, 9.17) is 4.74 Å². The van der Waals surface area contributed by atoms with Crippen LogP contribution in [0.3, 0.4) is 0 Å². The Bertz CT molecular complexity index is 1060. The SMILES string of the molecule is O=C(CCn1ccc2ccc(OCc3ccccc3)cc21)NC[C@H]1CCCN2CCCC[C@H]12. The molecule has 5 rings (SSSR count). The number of fused-ring (bicyclic) bond motifs is 2. The fourth-order valence-corrected chi connectivity index (χ4v) is 5.56. The molecule has 2 aliphatic heterocycles. The Hall–Kier alpha value is -2.79. The number of carbonyl (C=O) groups excluding carboxylic acids is 1. The van der Waals surface area contributed by atoms with Crippen LogP contribution in [-0.2, 0) is 17.9 Å². The first-order valence-corrected chi connectivity index (χ1v) is 12.5. The Morgan fingerprint density at radius 3 is 2.79 bits per heavy atom. The van der Waals surface area contributed by atoms with E-state index in [1.165, 1.54) is 50.6 Å². The highest BCUT2D eigenvalue weighted by atomic mass is 16.5. The number of nitrogens with zero attached hydrogens (tertiary/aromatic N) is 2. The lowest BCUT2D eigenvalue weighted by atomic mass is 9.83. The highest BCUT2D eigenvalue weighted by Gasteiger charge is 2.32. The molecule has 33 heavy (non-hydrogen) atoms. The highest BCUT2D eigenvalue weighted by molar-refractivity contribution is 5.82. The van der Waals surface area contributed by atoms with E-state index in [2.05, 4.69) is 51.3 Å². The van der Waals surface area contributed by atoms with Gasteiger partial charge in [0.15, 0.2) is 0 Å². The van der Waals surface area contributed by atoms with E-state index in [1.54, 1.807) is 0 Å². The maximum absolute atomic E-state index is 12.6. The molecule has 0 spiro atoms. The fourth-order valence-electron chi connectivity index (χ4n) is 5.56. The Labute approximate surface area is 196 Å². The number of aryl methyl sites for hydroxylation is 1. The standard InChI is InChI=1S/C28H35N3O2/c32-28(29-20-24-9-6-16-30-15-5-4-10-26(24)30)14-18-31-17-13-23-11-12-25(19-27(23)31)33-21-22-7-2-1-3-8-22/h1-3,7-8,11-13,17,19,24,26H,4-6,9-10,14-16,18,20-21H2,(H,29,32)/t24-,26-/m1/s1. The maximum atomic E-state index is 12.6. The number of ether oxygens (including phenoxy) is 1. The average Bonchev–Trinajstić information content (AvgIpc) is 3.28. The van der Waals surface area contributed by atoms with Crippen molar-refractivity contribution in [3.63, 3.8) is 0 Å². The zero-order valence-electron chi connectivity index (χ0n) is 19.4. The number of hydrogen-bond acceptors (Lipinski definition) is 3. The number of piperidine rings is 2. The molecule has 2 aromatic carbocycles. The number of benzene rings is 2. The van der Waals surface area contributed by atoms with Gasteiger partial charge in [-0.2, -0.15) is 0 Å². The van der Waals surface area contributed by atoms with Gasteiger partial charge in [-0.15, -0.1) is 0 Å². The first-order valence-electron chi connectivity index (χ1n) is 12.5. The minimum absolute atomic E-state index is 0.154. The van der Waals surface area contributed by atoms with Crippen molar-refractivity contribution in [3.8, 4) is 5.75 Å². The lowest BCUT2D eigenvalue weighted by Crippen LogP contribution is -2.51. The predicted molar refractivity (Wildman–Crippen MR) is 132 cm³/mol. The number of carbonyl (C=O) groups is 1. The Morgan fingerprint density at radius 2 is 1.88 bits per heavy atom. The van der Waals surface area contributed by atoms with Crippen LogP contribution < -0.4 is 10.1 Å². The van der Waals surface area contributed by atoms with Crippen LogP contribution in [0.25, 0.3) is 10.9 Å². The third-order valence-corrected chi connectivity index (χ3v) is 7.36. The van der Waals surface area contributed by atoms with Crippen LogP contribution >= 0.6 is 0 Å². The summed E-state index contributed by atoms with van der Waals surface area (Å²) in [5.74, 6) is 1.62. The van der Waals surface area contributed by atoms with Crippen LogP contribution in [0.1, 0.15) is 44.1 Å². The van der Waals surface area contributed by atoms with E-state index in [0.29, 0.717) is 31.5 Å². The molecule has 1 N–H and O–H groups in total. The van der Waals surface area contributed by atoms with Gasteiger partial charge in [0.25, 0.3) is 0 Å². The first-order chi connectivity index (χ1) is 16.3. The first kappa shape index (κ1) is 22.0. The van der Waals surface area contributed by atoms with Crippen molar-refractivity contribution < 1.29 is 9.53 Å². The van der Waals surface area contributed by atoms with Gasteiger partial charge in [0.1, 0.15) is 12.4 Å². The zero-order chi connectivity index (χ0) is 22.5. The third-order valence-electron chi connectivity index (χ3n) is 7.36. The number of hydrogen-bond donors (Lipinski definition) is 1. The molecule has 0 bridgehead atoms. The summed E-state index contributed by atoms with van der Waals surface area (Å²) < 4.78 is 8.16. The van der Waals surface area contributed by atoms with E-state index in [9.17, 15) is 4.79 Å². The zero-order valence-corrected chi connectivity index (χ0v) is 19.4. The molecule has 2 saturated heterocycles. The van der Waals surface area contributed by atoms with Gasteiger partial charge in [-0.3, -0.25) is 4.79 Å². The van der Waals surface area contributed by atoms with Gasteiger partial charge in [-0.25, -0.2) is 0 Å². The van der Waals surface area contributed by atoms with E-state index < -0.39 is 0 Å². The van der Waals surface area contributed by atoms with E-state index in [0.717, 1.165) is 23.4 Å². The summed E-state index contributed by atoms with van der Waals surface area (Å²) >= 11 is 0. The van der Waals surface area contributed by atoms with Gasteiger partial charge in [0.2, 0.25) is 5.91 Å². The average molecular weight is 446 g/mol. The molecule has 0 saturated carbocycles. The lowest BCUT2D eigenvalue weighted by Gasteiger charge is -2.44. The van der Waals surface area contributed by atoms with E-state index in [-0.39, 0.29) is 5.91 Å². The molecule has 0 unspecified atom stereocenters.